The number of methoxy groups -OCH3 is 1. The molecule has 0 spiro atoms. The zero-order valence-corrected chi connectivity index (χ0v) is 14.0. The van der Waals surface area contributed by atoms with Crippen molar-refractivity contribution >= 4 is 28.9 Å². The van der Waals surface area contributed by atoms with Gasteiger partial charge in [-0.25, -0.2) is 9.99 Å². The lowest BCUT2D eigenvalue weighted by molar-refractivity contribution is -0.118. The molecule has 0 saturated heterocycles. The van der Waals surface area contributed by atoms with Gasteiger partial charge in [-0.15, -0.1) is 0 Å². The van der Waals surface area contributed by atoms with Gasteiger partial charge in [0.15, 0.2) is 0 Å². The van der Waals surface area contributed by atoms with E-state index in [0.717, 1.165) is 5.56 Å². The Balaban J connectivity index is 1.79. The molecule has 0 aliphatic carbocycles. The normalized spacial score (nSPS) is 14.1. The first-order valence-electron chi connectivity index (χ1n) is 7.85. The molecule has 0 fully saturated rings. The van der Waals surface area contributed by atoms with Crippen LogP contribution in [0.15, 0.2) is 47.7 Å². The maximum Gasteiger partial charge on any atom is 0.271 e. The van der Waals surface area contributed by atoms with Crippen LogP contribution in [0.25, 0.3) is 0 Å². The highest BCUT2D eigenvalue weighted by Crippen LogP contribution is 2.21. The van der Waals surface area contributed by atoms with E-state index in [1.165, 1.54) is 18.3 Å². The summed E-state index contributed by atoms with van der Waals surface area (Å²) in [5, 5.41) is 8.27. The second-order valence-corrected chi connectivity index (χ2v) is 5.63. The van der Waals surface area contributed by atoms with Gasteiger partial charge in [-0.3, -0.25) is 9.59 Å². The number of benzene rings is 1. The maximum absolute atomic E-state index is 12.4. The molecule has 3 rings (SSSR count). The summed E-state index contributed by atoms with van der Waals surface area (Å²) in [6.45, 7) is 1.94. The van der Waals surface area contributed by atoms with Crippen molar-refractivity contribution in [3.05, 3.63) is 48.2 Å². The fraction of sp³-hybridized carbons (Fsp3) is 0.222. The van der Waals surface area contributed by atoms with Crippen molar-refractivity contribution < 1.29 is 14.3 Å². The highest BCUT2D eigenvalue weighted by atomic mass is 16.5. The summed E-state index contributed by atoms with van der Waals surface area (Å²) < 4.78 is 4.98. The number of hydrazone groups is 1. The number of aryl methyl sites for hydroxylation is 1. The van der Waals surface area contributed by atoms with Gasteiger partial charge in [-0.1, -0.05) is 12.1 Å². The largest absolute Gasteiger partial charge is 0.481 e. The van der Waals surface area contributed by atoms with Gasteiger partial charge in [0, 0.05) is 18.9 Å². The molecule has 1 aliphatic rings. The number of carbonyl (C=O) groups excluding carboxylic acids is 2. The van der Waals surface area contributed by atoms with Crippen LogP contribution in [0, 0.1) is 6.92 Å². The van der Waals surface area contributed by atoms with Crippen LogP contribution in [0.5, 0.6) is 5.88 Å². The number of pyridine rings is 1. The third-order valence-electron chi connectivity index (χ3n) is 3.74. The van der Waals surface area contributed by atoms with Crippen LogP contribution in [0.1, 0.15) is 18.4 Å². The van der Waals surface area contributed by atoms with E-state index in [9.17, 15) is 9.59 Å². The second kappa shape index (κ2) is 7.12. The van der Waals surface area contributed by atoms with Crippen molar-refractivity contribution in [1.82, 2.24) is 4.98 Å². The molecular weight excluding hydrogens is 320 g/mol. The second-order valence-electron chi connectivity index (χ2n) is 5.63. The van der Waals surface area contributed by atoms with Gasteiger partial charge in [-0.2, -0.15) is 5.10 Å². The van der Waals surface area contributed by atoms with Crippen LogP contribution in [0.2, 0.25) is 0 Å². The lowest BCUT2D eigenvalue weighted by Crippen LogP contribution is -2.36. The molecule has 0 atom stereocenters. The van der Waals surface area contributed by atoms with E-state index in [4.69, 9.17) is 4.74 Å². The lowest BCUT2D eigenvalue weighted by atomic mass is 10.1. The standard InChI is InChI=1S/C18H18N4O3/c1-12-4-3-5-14(10-12)22-17(23)9-7-15(21-22)18(24)20-13-6-8-16(25-2)19-11-13/h3-6,8,10-11H,7,9H2,1-2H3,(H,20,24). The van der Waals surface area contributed by atoms with Crippen LogP contribution in [0.3, 0.4) is 0 Å². The Bertz CT molecular complexity index is 830. The Morgan fingerprint density at radius 3 is 2.76 bits per heavy atom. The van der Waals surface area contributed by atoms with Crippen LogP contribution in [-0.4, -0.2) is 29.6 Å². The van der Waals surface area contributed by atoms with E-state index in [1.54, 1.807) is 18.2 Å². The van der Waals surface area contributed by atoms with Gasteiger partial charge in [0.1, 0.15) is 5.71 Å². The van der Waals surface area contributed by atoms with E-state index < -0.39 is 0 Å². The Kier molecular flexibility index (Phi) is 4.74. The van der Waals surface area contributed by atoms with Crippen molar-refractivity contribution in [1.29, 1.82) is 0 Å². The number of nitrogens with zero attached hydrogens (tertiary/aromatic N) is 3. The summed E-state index contributed by atoms with van der Waals surface area (Å²) in [6, 6.07) is 10.8. The Morgan fingerprint density at radius 1 is 1.24 bits per heavy atom. The third-order valence-corrected chi connectivity index (χ3v) is 3.74. The molecule has 1 aromatic carbocycles. The third kappa shape index (κ3) is 3.82. The van der Waals surface area contributed by atoms with Gasteiger partial charge in [0.2, 0.25) is 11.8 Å². The van der Waals surface area contributed by atoms with Crippen molar-refractivity contribution in [2.75, 3.05) is 17.4 Å². The first kappa shape index (κ1) is 16.6. The average molecular weight is 338 g/mol. The number of hydrogen-bond donors (Lipinski definition) is 1. The number of aromatic nitrogens is 1. The van der Waals surface area contributed by atoms with Gasteiger partial charge >= 0.3 is 0 Å². The number of ether oxygens (including phenoxy) is 1. The lowest BCUT2D eigenvalue weighted by Gasteiger charge is -2.23. The topological polar surface area (TPSA) is 83.9 Å². The van der Waals surface area contributed by atoms with Crippen LogP contribution >= 0.6 is 0 Å². The minimum absolute atomic E-state index is 0.131. The van der Waals surface area contributed by atoms with E-state index >= 15 is 0 Å². The van der Waals surface area contributed by atoms with Crippen LogP contribution in [-0.2, 0) is 9.59 Å². The molecule has 0 bridgehead atoms. The van der Waals surface area contributed by atoms with Gasteiger partial charge < -0.3 is 10.1 Å². The fourth-order valence-corrected chi connectivity index (χ4v) is 2.46. The quantitative estimate of drug-likeness (QED) is 0.928. The summed E-state index contributed by atoms with van der Waals surface area (Å²) >= 11 is 0. The molecule has 2 amide bonds. The molecule has 25 heavy (non-hydrogen) atoms. The van der Waals surface area contributed by atoms with E-state index in [-0.39, 0.29) is 18.2 Å². The number of anilines is 2. The van der Waals surface area contributed by atoms with Crippen LogP contribution in [0.4, 0.5) is 11.4 Å². The minimum atomic E-state index is -0.350. The van der Waals surface area contributed by atoms with E-state index in [1.807, 2.05) is 25.1 Å². The summed E-state index contributed by atoms with van der Waals surface area (Å²) in [4.78, 5) is 28.6. The predicted octanol–water partition coefficient (Wildman–Crippen LogP) is 2.52. The minimum Gasteiger partial charge on any atom is -0.481 e. The summed E-state index contributed by atoms with van der Waals surface area (Å²) in [6.07, 6.45) is 2.04. The number of hydrogen-bond acceptors (Lipinski definition) is 5. The number of carbonyl (C=O) groups is 2. The molecule has 0 unspecified atom stereocenters. The molecule has 7 heteroatoms. The van der Waals surface area contributed by atoms with Gasteiger partial charge in [-0.05, 0) is 30.7 Å². The monoisotopic (exact) mass is 338 g/mol. The first-order valence-corrected chi connectivity index (χ1v) is 7.85. The van der Waals surface area contributed by atoms with Crippen molar-refractivity contribution in [3.8, 4) is 5.88 Å². The van der Waals surface area contributed by atoms with Gasteiger partial charge in [0.25, 0.3) is 5.91 Å². The predicted molar refractivity (Wildman–Crippen MR) is 94.8 cm³/mol. The van der Waals surface area contributed by atoms with E-state index in [2.05, 4.69) is 15.4 Å². The zero-order valence-electron chi connectivity index (χ0n) is 14.0. The van der Waals surface area contributed by atoms with Gasteiger partial charge in [0.05, 0.1) is 24.7 Å². The molecule has 2 heterocycles. The van der Waals surface area contributed by atoms with Crippen molar-refractivity contribution in [2.24, 2.45) is 5.10 Å². The molecule has 0 saturated carbocycles. The van der Waals surface area contributed by atoms with E-state index in [0.29, 0.717) is 29.4 Å². The average Bonchev–Trinajstić information content (AvgIpc) is 2.62. The zero-order chi connectivity index (χ0) is 17.8. The Morgan fingerprint density at radius 2 is 2.08 bits per heavy atom. The van der Waals surface area contributed by atoms with Crippen molar-refractivity contribution in [2.45, 2.75) is 19.8 Å². The molecule has 1 N–H and O–H groups in total. The summed E-state index contributed by atoms with van der Waals surface area (Å²) in [5.74, 6) is -0.0189. The Hall–Kier alpha value is -3.22. The van der Waals surface area contributed by atoms with Crippen molar-refractivity contribution in [3.63, 3.8) is 0 Å². The summed E-state index contributed by atoms with van der Waals surface area (Å²) in [5.41, 5.74) is 2.51. The number of rotatable bonds is 4. The van der Waals surface area contributed by atoms with Crippen LogP contribution < -0.4 is 15.1 Å². The maximum atomic E-state index is 12.4. The highest BCUT2D eigenvalue weighted by molar-refractivity contribution is 6.44. The SMILES string of the molecule is COc1ccc(NC(=O)C2=NN(c3cccc(C)c3)C(=O)CC2)cn1. The molecule has 1 aliphatic heterocycles. The highest BCUT2D eigenvalue weighted by Gasteiger charge is 2.25. The molecule has 128 valence electrons. The molecule has 2 aromatic rings. The molecule has 0 radical (unpaired) electrons. The first-order chi connectivity index (χ1) is 12.1. The Labute approximate surface area is 145 Å². The number of amides is 2. The number of nitrogens with one attached hydrogen (secondary N) is 1. The summed E-state index contributed by atoms with van der Waals surface area (Å²) in [7, 11) is 1.52. The molecule has 7 nitrogen and oxygen atoms in total. The molecule has 1 aromatic heterocycles. The fourth-order valence-electron chi connectivity index (χ4n) is 2.46. The molecular formula is C18H18N4O3. The smallest absolute Gasteiger partial charge is 0.271 e.